The Labute approximate surface area is 122 Å². The third-order valence-electron chi connectivity index (χ3n) is 3.82. The molecule has 0 radical (unpaired) electrons. The van der Waals surface area contributed by atoms with E-state index in [9.17, 15) is 20.0 Å². The monoisotopic (exact) mass is 293 g/mol. The minimum atomic E-state index is -0.866. The Bertz CT molecular complexity index is 584. The maximum atomic E-state index is 12.0. The van der Waals surface area contributed by atoms with Crippen molar-refractivity contribution in [3.8, 4) is 0 Å². The summed E-state index contributed by atoms with van der Waals surface area (Å²) in [5.41, 5.74) is -0.0971. The molecule has 0 aromatic heterocycles. The minimum absolute atomic E-state index is 0.101. The quantitative estimate of drug-likeness (QED) is 0.648. The number of aliphatic hydroxyl groups is 1. The lowest BCUT2D eigenvalue weighted by Gasteiger charge is -2.42. The Morgan fingerprint density at radius 3 is 2.71 bits per heavy atom. The number of nitro benzene ring substituents is 1. The van der Waals surface area contributed by atoms with Gasteiger partial charge in [0.1, 0.15) is 11.2 Å². The molecule has 0 spiro atoms. The fourth-order valence-electron chi connectivity index (χ4n) is 2.50. The number of benzene rings is 1. The highest BCUT2D eigenvalue weighted by Crippen LogP contribution is 2.35. The Morgan fingerprint density at radius 2 is 2.14 bits per heavy atom. The molecule has 1 atom stereocenters. The van der Waals surface area contributed by atoms with Gasteiger partial charge in [-0.1, -0.05) is 6.07 Å². The molecule has 2 N–H and O–H groups in total. The van der Waals surface area contributed by atoms with Crippen molar-refractivity contribution in [2.75, 3.05) is 18.0 Å². The number of hydrogen-bond acceptors (Lipinski definition) is 5. The smallest absolute Gasteiger partial charge is 0.292 e. The number of carbonyl (C=O) groups excluding carboxylic acids is 1. The minimum Gasteiger partial charge on any atom is -0.389 e. The summed E-state index contributed by atoms with van der Waals surface area (Å²) in [6.07, 6.45) is -0.782. The number of anilines is 1. The van der Waals surface area contributed by atoms with Crippen LogP contribution in [0.25, 0.3) is 0 Å². The van der Waals surface area contributed by atoms with Gasteiger partial charge in [0.05, 0.1) is 11.0 Å². The number of piperazine rings is 1. The van der Waals surface area contributed by atoms with Crippen LogP contribution in [0.4, 0.5) is 11.4 Å². The number of rotatable bonds is 3. The van der Waals surface area contributed by atoms with E-state index in [1.807, 2.05) is 0 Å². The fraction of sp³-hybridized carbons (Fsp3) is 0.500. The lowest BCUT2D eigenvalue weighted by Crippen LogP contribution is -2.62. The van der Waals surface area contributed by atoms with Gasteiger partial charge in [-0.25, -0.2) is 0 Å². The largest absolute Gasteiger partial charge is 0.389 e. The van der Waals surface area contributed by atoms with Crippen molar-refractivity contribution in [3.05, 3.63) is 33.9 Å². The van der Waals surface area contributed by atoms with Crippen molar-refractivity contribution < 1.29 is 14.8 Å². The van der Waals surface area contributed by atoms with Gasteiger partial charge in [0.25, 0.3) is 5.69 Å². The Balaban J connectivity index is 2.52. The molecule has 1 aromatic carbocycles. The van der Waals surface area contributed by atoms with Gasteiger partial charge >= 0.3 is 0 Å². The van der Waals surface area contributed by atoms with Crippen molar-refractivity contribution in [1.29, 1.82) is 0 Å². The van der Waals surface area contributed by atoms with E-state index in [-0.39, 0.29) is 11.6 Å². The summed E-state index contributed by atoms with van der Waals surface area (Å²) in [6, 6.07) is 4.61. The van der Waals surface area contributed by atoms with Gasteiger partial charge in [-0.2, -0.15) is 0 Å². The SMILES string of the molecule is C[C@@H](O)c1ccc(N2CCNC(=O)C2(C)C)c([N+](=O)[O-])c1. The van der Waals surface area contributed by atoms with Crippen molar-refractivity contribution in [1.82, 2.24) is 5.32 Å². The predicted molar refractivity (Wildman–Crippen MR) is 78.2 cm³/mol. The van der Waals surface area contributed by atoms with Gasteiger partial charge in [-0.15, -0.1) is 0 Å². The summed E-state index contributed by atoms with van der Waals surface area (Å²) in [7, 11) is 0. The van der Waals surface area contributed by atoms with Gasteiger partial charge in [0.2, 0.25) is 5.91 Å². The highest BCUT2D eigenvalue weighted by atomic mass is 16.6. The van der Waals surface area contributed by atoms with Crippen LogP contribution in [0, 0.1) is 10.1 Å². The van der Waals surface area contributed by atoms with Gasteiger partial charge < -0.3 is 15.3 Å². The number of aliphatic hydroxyl groups excluding tert-OH is 1. The second kappa shape index (κ2) is 5.33. The number of amides is 1. The van der Waals surface area contributed by atoms with Crippen molar-refractivity contribution in [2.45, 2.75) is 32.4 Å². The molecule has 1 saturated heterocycles. The summed E-state index contributed by atoms with van der Waals surface area (Å²) >= 11 is 0. The lowest BCUT2D eigenvalue weighted by atomic mass is 9.97. The average molecular weight is 293 g/mol. The second-order valence-corrected chi connectivity index (χ2v) is 5.65. The zero-order valence-electron chi connectivity index (χ0n) is 12.3. The molecule has 1 aliphatic rings. The van der Waals surface area contributed by atoms with E-state index in [1.54, 1.807) is 37.8 Å². The molecule has 2 rings (SSSR count). The number of nitro groups is 1. The Hall–Kier alpha value is -2.15. The summed E-state index contributed by atoms with van der Waals surface area (Å²) in [5, 5.41) is 23.7. The zero-order chi connectivity index (χ0) is 15.8. The van der Waals surface area contributed by atoms with Crippen molar-refractivity contribution in [2.24, 2.45) is 0 Å². The molecule has 1 aliphatic heterocycles. The molecular weight excluding hydrogens is 274 g/mol. The van der Waals surface area contributed by atoms with Crippen LogP contribution >= 0.6 is 0 Å². The first-order chi connectivity index (χ1) is 9.75. The number of hydrogen-bond donors (Lipinski definition) is 2. The van der Waals surface area contributed by atoms with Crippen LogP contribution in [0.1, 0.15) is 32.4 Å². The molecule has 0 unspecified atom stereocenters. The molecule has 1 amide bonds. The normalized spacial score (nSPS) is 19.0. The first-order valence-electron chi connectivity index (χ1n) is 6.77. The summed E-state index contributed by atoms with van der Waals surface area (Å²) in [6.45, 7) is 5.95. The topological polar surface area (TPSA) is 95.7 Å². The van der Waals surface area contributed by atoms with E-state index in [1.165, 1.54) is 6.07 Å². The standard InChI is InChI=1S/C14H19N3O4/c1-9(18)10-4-5-11(12(8-10)17(20)21)16-7-6-15-13(19)14(16,2)3/h4-5,8-9,18H,6-7H2,1-3H3,(H,15,19)/t9-/m1/s1. The van der Waals surface area contributed by atoms with E-state index in [0.717, 1.165) is 0 Å². The van der Waals surface area contributed by atoms with E-state index < -0.39 is 16.6 Å². The predicted octanol–water partition coefficient (Wildman–Crippen LogP) is 1.36. The number of carbonyl (C=O) groups is 1. The fourth-order valence-corrected chi connectivity index (χ4v) is 2.50. The molecule has 7 nitrogen and oxygen atoms in total. The van der Waals surface area contributed by atoms with Crippen LogP contribution in [0.5, 0.6) is 0 Å². The van der Waals surface area contributed by atoms with Crippen LogP contribution in [0.15, 0.2) is 18.2 Å². The van der Waals surface area contributed by atoms with Gasteiger partial charge in [-0.3, -0.25) is 14.9 Å². The van der Waals surface area contributed by atoms with Gasteiger partial charge in [0.15, 0.2) is 0 Å². The van der Waals surface area contributed by atoms with Gasteiger partial charge in [0, 0.05) is 19.2 Å². The summed E-state index contributed by atoms with van der Waals surface area (Å²) in [5.74, 6) is -0.164. The molecule has 0 saturated carbocycles. The van der Waals surface area contributed by atoms with E-state index in [0.29, 0.717) is 24.3 Å². The van der Waals surface area contributed by atoms with Crippen LogP contribution < -0.4 is 10.2 Å². The Morgan fingerprint density at radius 1 is 1.48 bits per heavy atom. The van der Waals surface area contributed by atoms with Crippen LogP contribution in [0.3, 0.4) is 0 Å². The third kappa shape index (κ3) is 2.69. The maximum absolute atomic E-state index is 12.0. The maximum Gasteiger partial charge on any atom is 0.292 e. The molecule has 0 aliphatic carbocycles. The second-order valence-electron chi connectivity index (χ2n) is 5.65. The lowest BCUT2D eigenvalue weighted by molar-refractivity contribution is -0.384. The highest BCUT2D eigenvalue weighted by molar-refractivity contribution is 5.91. The van der Waals surface area contributed by atoms with Gasteiger partial charge in [-0.05, 0) is 32.4 Å². The summed E-state index contributed by atoms with van der Waals surface area (Å²) in [4.78, 5) is 24.6. The highest BCUT2D eigenvalue weighted by Gasteiger charge is 2.40. The van der Waals surface area contributed by atoms with Crippen LogP contribution in [0.2, 0.25) is 0 Å². The summed E-state index contributed by atoms with van der Waals surface area (Å²) < 4.78 is 0. The van der Waals surface area contributed by atoms with E-state index in [2.05, 4.69) is 5.32 Å². The molecular formula is C14H19N3O4. The van der Waals surface area contributed by atoms with Crippen LogP contribution in [-0.2, 0) is 4.79 Å². The van der Waals surface area contributed by atoms with Crippen molar-refractivity contribution in [3.63, 3.8) is 0 Å². The Kier molecular flexibility index (Phi) is 3.87. The van der Waals surface area contributed by atoms with Crippen LogP contribution in [-0.4, -0.2) is 34.6 Å². The molecule has 7 heteroatoms. The first kappa shape index (κ1) is 15.2. The van der Waals surface area contributed by atoms with E-state index >= 15 is 0 Å². The molecule has 1 heterocycles. The average Bonchev–Trinajstić information content (AvgIpc) is 2.41. The molecule has 1 fully saturated rings. The molecule has 114 valence electrons. The molecule has 21 heavy (non-hydrogen) atoms. The first-order valence-corrected chi connectivity index (χ1v) is 6.77. The van der Waals surface area contributed by atoms with E-state index in [4.69, 9.17) is 0 Å². The molecule has 0 bridgehead atoms. The zero-order valence-corrected chi connectivity index (χ0v) is 12.3. The van der Waals surface area contributed by atoms with Crippen molar-refractivity contribution >= 4 is 17.3 Å². The molecule has 1 aromatic rings. The number of nitrogens with zero attached hydrogens (tertiary/aromatic N) is 2. The number of nitrogens with one attached hydrogen (secondary N) is 1. The third-order valence-corrected chi connectivity index (χ3v) is 3.82.